The van der Waals surface area contributed by atoms with Gasteiger partial charge in [-0.3, -0.25) is 30.3 Å². The molecule has 0 radical (unpaired) electrons. The molecule has 0 saturated carbocycles. The van der Waals surface area contributed by atoms with E-state index in [1.165, 1.54) is 36.4 Å². The van der Waals surface area contributed by atoms with Crippen molar-refractivity contribution in [2.45, 2.75) is 0 Å². The highest BCUT2D eigenvalue weighted by Crippen LogP contribution is 2.46. The van der Waals surface area contributed by atoms with Crippen LogP contribution in [0, 0.1) is 30.3 Å². The van der Waals surface area contributed by atoms with Gasteiger partial charge in [-0.05, 0) is 6.07 Å². The van der Waals surface area contributed by atoms with Crippen molar-refractivity contribution in [1.29, 1.82) is 0 Å². The minimum Gasteiger partial charge on any atom is -0.810 e. The Hall–Kier alpha value is -5.32. The van der Waals surface area contributed by atoms with E-state index in [1.807, 2.05) is 37.5 Å². The smallest absolute Gasteiger partial charge is 0.414 e. The Labute approximate surface area is 216 Å². The molecule has 0 spiro atoms. The quantitative estimate of drug-likeness (QED) is 0.153. The Morgan fingerprint density at radius 2 is 1.03 bits per heavy atom. The summed E-state index contributed by atoms with van der Waals surface area (Å²) in [5.74, 6) is 0.815. The summed E-state index contributed by atoms with van der Waals surface area (Å²) in [5, 5.41) is 34.1. The van der Waals surface area contributed by atoms with E-state index in [9.17, 15) is 30.3 Å². The summed E-state index contributed by atoms with van der Waals surface area (Å²) in [6.07, 6.45) is -0.148. The Morgan fingerprint density at radius 3 is 1.47 bits per heavy atom. The fraction of sp³-hybridized carbons (Fsp3) is 0.0370. The molecule has 0 aliphatic carbocycles. The van der Waals surface area contributed by atoms with Crippen molar-refractivity contribution >= 4 is 45.9 Å². The molecule has 188 valence electrons. The van der Waals surface area contributed by atoms with Crippen LogP contribution in [0.1, 0.15) is 11.1 Å². The Bertz CT molecular complexity index is 1540. The number of rotatable bonds is 6. The predicted molar refractivity (Wildman–Crippen MR) is 145 cm³/mol. The first kappa shape index (κ1) is 24.4. The second kappa shape index (κ2) is 9.28. The van der Waals surface area contributed by atoms with Crippen LogP contribution in [0.25, 0.3) is 11.5 Å². The van der Waals surface area contributed by atoms with Gasteiger partial charge in [0, 0.05) is 42.5 Å². The first-order valence-corrected chi connectivity index (χ1v) is 11.6. The van der Waals surface area contributed by atoms with Crippen LogP contribution in [-0.2, 0) is 4.28 Å². The minimum absolute atomic E-state index is 0.0599. The average Bonchev–Trinajstić information content (AvgIpc) is 2.93. The number of hydrogen-bond acceptors (Lipinski definition) is 6. The second-order valence-electron chi connectivity index (χ2n) is 8.98. The molecular weight excluding hydrogens is 489 g/mol. The lowest BCUT2D eigenvalue weighted by Gasteiger charge is -2.54. The Balaban J connectivity index is 1.85. The second-order valence-corrected chi connectivity index (χ2v) is 8.98. The van der Waals surface area contributed by atoms with Gasteiger partial charge in [0.05, 0.1) is 20.3 Å². The minimum atomic E-state index is -2.14. The standard InChI is InChI=1S/C27H20BN3O7/c1-38-27-5-3-2-4-20(27)18-26(19-6-12-23(13-7-19)29(32)33)28(38,21-8-14-24(15-9-21)30(34)35)22-10-16-25(17-11-22)31(36)37/h2-18H,1H3. The van der Waals surface area contributed by atoms with Crippen LogP contribution in [0.4, 0.5) is 17.1 Å². The van der Waals surface area contributed by atoms with Crippen molar-refractivity contribution in [3.63, 3.8) is 0 Å². The maximum atomic E-state index is 11.4. The number of hydrogen-bond donors (Lipinski definition) is 0. The van der Waals surface area contributed by atoms with Gasteiger partial charge in [-0.1, -0.05) is 65.6 Å². The number of benzene rings is 4. The summed E-state index contributed by atoms with van der Waals surface area (Å²) in [6, 6.07) is 26.2. The molecule has 10 nitrogen and oxygen atoms in total. The van der Waals surface area contributed by atoms with E-state index in [-0.39, 0.29) is 17.1 Å². The molecular formula is C27H20BN3O7. The molecule has 0 aromatic heterocycles. The number of nitrogens with zero attached hydrogens (tertiary/aromatic N) is 3. The van der Waals surface area contributed by atoms with E-state index in [2.05, 4.69) is 4.28 Å². The normalized spacial score (nSPS) is 13.8. The lowest BCUT2D eigenvalue weighted by atomic mass is 9.26. The molecule has 0 N–H and O–H groups in total. The van der Waals surface area contributed by atoms with Crippen molar-refractivity contribution in [1.82, 2.24) is 0 Å². The largest absolute Gasteiger partial charge is 0.810 e. The number of non-ortho nitro benzene ring substituents is 3. The molecule has 0 saturated heterocycles. The van der Waals surface area contributed by atoms with Crippen molar-refractivity contribution in [3.05, 3.63) is 139 Å². The monoisotopic (exact) mass is 509 g/mol. The Kier molecular flexibility index (Phi) is 5.96. The summed E-state index contributed by atoms with van der Waals surface area (Å²) in [4.78, 5) is 32.7. The third-order valence-electron chi connectivity index (χ3n) is 7.10. The van der Waals surface area contributed by atoms with Crippen LogP contribution < -0.4 is 10.9 Å². The molecule has 1 aliphatic heterocycles. The highest BCUT2D eigenvalue weighted by atomic mass is 16.6. The summed E-state index contributed by atoms with van der Waals surface area (Å²) < 4.78 is 3.21. The van der Waals surface area contributed by atoms with E-state index < -0.39 is 21.1 Å². The summed E-state index contributed by atoms with van der Waals surface area (Å²) in [6.45, 7) is 0. The van der Waals surface area contributed by atoms with E-state index >= 15 is 0 Å². The lowest BCUT2D eigenvalue weighted by Crippen LogP contribution is -2.65. The van der Waals surface area contributed by atoms with E-state index in [0.29, 0.717) is 16.5 Å². The molecule has 0 fully saturated rings. The van der Waals surface area contributed by atoms with Crippen molar-refractivity contribution in [3.8, 4) is 5.75 Å². The average molecular weight is 509 g/mol. The molecule has 1 heterocycles. The fourth-order valence-corrected chi connectivity index (χ4v) is 5.35. The number of para-hydroxylation sites is 1. The highest BCUT2D eigenvalue weighted by molar-refractivity contribution is 7.12. The third kappa shape index (κ3) is 3.86. The zero-order valence-corrected chi connectivity index (χ0v) is 20.1. The fourth-order valence-electron chi connectivity index (χ4n) is 5.35. The van der Waals surface area contributed by atoms with E-state index in [1.54, 1.807) is 36.4 Å². The van der Waals surface area contributed by atoms with Crippen LogP contribution in [0.2, 0.25) is 0 Å². The topological polar surface area (TPSA) is 132 Å². The van der Waals surface area contributed by atoms with Gasteiger partial charge >= 0.3 is 6.35 Å². The van der Waals surface area contributed by atoms with Gasteiger partial charge < -0.3 is 4.28 Å². The van der Waals surface area contributed by atoms with Crippen LogP contribution in [-0.4, -0.2) is 28.2 Å². The van der Waals surface area contributed by atoms with Gasteiger partial charge in [0.25, 0.3) is 17.1 Å². The maximum Gasteiger partial charge on any atom is 0.414 e. The number of nitro benzene ring substituents is 3. The third-order valence-corrected chi connectivity index (χ3v) is 7.10. The van der Waals surface area contributed by atoms with Gasteiger partial charge in [-0.15, -0.1) is 10.9 Å². The number of nitro groups is 3. The first-order valence-electron chi connectivity index (χ1n) is 11.6. The SMILES string of the molecule is C[O+]1c2ccccc2C=C(c2ccc([N+](=O)[O-])cc2)[B-]1(c1ccc([N+](=O)[O-])cc1)c1ccc([N+](=O)[O-])cc1. The van der Waals surface area contributed by atoms with Crippen LogP contribution in [0.15, 0.2) is 97.1 Å². The summed E-state index contributed by atoms with van der Waals surface area (Å²) in [5.41, 5.74) is 3.55. The molecule has 4 aromatic carbocycles. The van der Waals surface area contributed by atoms with Gasteiger partial charge in [0.2, 0.25) is 5.75 Å². The molecule has 5 rings (SSSR count). The van der Waals surface area contributed by atoms with Crippen molar-refractivity contribution in [2.75, 3.05) is 7.11 Å². The summed E-state index contributed by atoms with van der Waals surface area (Å²) in [7, 11) is 1.83. The van der Waals surface area contributed by atoms with Gasteiger partial charge in [0.15, 0.2) is 0 Å². The molecule has 0 amide bonds. The molecule has 0 atom stereocenters. The first-order chi connectivity index (χ1) is 18.2. The zero-order valence-electron chi connectivity index (χ0n) is 20.1. The number of fused-ring (bicyclic) bond motifs is 1. The molecule has 4 aromatic rings. The molecule has 0 unspecified atom stereocenters. The molecule has 1 aliphatic rings. The maximum absolute atomic E-state index is 11.4. The van der Waals surface area contributed by atoms with Crippen LogP contribution in [0.5, 0.6) is 5.75 Å². The van der Waals surface area contributed by atoms with Gasteiger partial charge in [0.1, 0.15) is 7.11 Å². The lowest BCUT2D eigenvalue weighted by molar-refractivity contribution is -0.385. The van der Waals surface area contributed by atoms with Crippen LogP contribution >= 0.6 is 0 Å². The molecule has 11 heteroatoms. The van der Waals surface area contributed by atoms with Crippen molar-refractivity contribution < 1.29 is 19.1 Å². The highest BCUT2D eigenvalue weighted by Gasteiger charge is 2.49. The van der Waals surface area contributed by atoms with Gasteiger partial charge in [-0.2, -0.15) is 0 Å². The van der Waals surface area contributed by atoms with Gasteiger partial charge in [-0.25, -0.2) is 0 Å². The summed E-state index contributed by atoms with van der Waals surface area (Å²) >= 11 is 0. The van der Waals surface area contributed by atoms with Crippen molar-refractivity contribution in [2.24, 2.45) is 0 Å². The van der Waals surface area contributed by atoms with E-state index in [0.717, 1.165) is 16.8 Å². The van der Waals surface area contributed by atoms with E-state index in [4.69, 9.17) is 0 Å². The molecule has 38 heavy (non-hydrogen) atoms. The molecule has 0 bridgehead atoms. The van der Waals surface area contributed by atoms with Crippen LogP contribution in [0.3, 0.4) is 0 Å². The zero-order chi connectivity index (χ0) is 27.0. The predicted octanol–water partition coefficient (Wildman–Crippen LogP) is 5.16. The Morgan fingerprint density at radius 1 is 0.605 bits per heavy atom.